The number of hydrogen-bond donors (Lipinski definition) is 2. The molecule has 2 N–H and O–H groups in total. The third-order valence-electron chi connectivity index (χ3n) is 3.74. The highest BCUT2D eigenvalue weighted by Crippen LogP contribution is 2.39. The SMILES string of the molecule is CC(C)c1ccccc1NC1C(=O)Nc2cccc(Br)c21. The molecule has 1 unspecified atom stereocenters. The second kappa shape index (κ2) is 5.53. The molecule has 2 aromatic carbocycles. The summed E-state index contributed by atoms with van der Waals surface area (Å²) in [7, 11) is 0. The molecule has 0 saturated heterocycles. The van der Waals surface area contributed by atoms with E-state index in [2.05, 4.69) is 46.5 Å². The van der Waals surface area contributed by atoms with Crippen LogP contribution in [0.2, 0.25) is 0 Å². The van der Waals surface area contributed by atoms with E-state index in [1.165, 1.54) is 5.56 Å². The number of hydrogen-bond acceptors (Lipinski definition) is 2. The lowest BCUT2D eigenvalue weighted by Crippen LogP contribution is -2.20. The summed E-state index contributed by atoms with van der Waals surface area (Å²) < 4.78 is 0.942. The summed E-state index contributed by atoms with van der Waals surface area (Å²) >= 11 is 3.54. The van der Waals surface area contributed by atoms with Crippen LogP contribution in [-0.4, -0.2) is 5.91 Å². The normalized spacial score (nSPS) is 16.8. The Bertz CT molecular complexity index is 697. The molecule has 1 aliphatic heterocycles. The van der Waals surface area contributed by atoms with Crippen molar-refractivity contribution in [1.29, 1.82) is 0 Å². The monoisotopic (exact) mass is 344 g/mol. The van der Waals surface area contributed by atoms with Gasteiger partial charge in [0.15, 0.2) is 0 Å². The van der Waals surface area contributed by atoms with Gasteiger partial charge in [-0.15, -0.1) is 0 Å². The number of rotatable bonds is 3. The van der Waals surface area contributed by atoms with Crippen LogP contribution in [0.25, 0.3) is 0 Å². The summed E-state index contributed by atoms with van der Waals surface area (Å²) in [6.45, 7) is 4.30. The van der Waals surface area contributed by atoms with Crippen LogP contribution >= 0.6 is 15.9 Å². The largest absolute Gasteiger partial charge is 0.370 e. The zero-order valence-corrected chi connectivity index (χ0v) is 13.6. The molecule has 3 rings (SSSR count). The summed E-state index contributed by atoms with van der Waals surface area (Å²) in [4.78, 5) is 12.3. The molecule has 0 aromatic heterocycles. The molecule has 1 amide bonds. The molecule has 0 saturated carbocycles. The number of carbonyl (C=O) groups is 1. The maximum absolute atomic E-state index is 12.3. The van der Waals surface area contributed by atoms with E-state index in [-0.39, 0.29) is 11.9 Å². The van der Waals surface area contributed by atoms with Gasteiger partial charge in [-0.05, 0) is 29.7 Å². The van der Waals surface area contributed by atoms with Crippen LogP contribution in [0.5, 0.6) is 0 Å². The van der Waals surface area contributed by atoms with Gasteiger partial charge in [0.1, 0.15) is 6.04 Å². The molecule has 4 heteroatoms. The summed E-state index contributed by atoms with van der Waals surface area (Å²) in [5.74, 6) is 0.382. The lowest BCUT2D eigenvalue weighted by atomic mass is 10.00. The number of carbonyl (C=O) groups excluding carboxylic acids is 1. The van der Waals surface area contributed by atoms with E-state index < -0.39 is 0 Å². The Morgan fingerprint density at radius 1 is 1.14 bits per heavy atom. The van der Waals surface area contributed by atoms with E-state index in [1.807, 2.05) is 36.4 Å². The number of nitrogens with one attached hydrogen (secondary N) is 2. The fourth-order valence-corrected chi connectivity index (χ4v) is 3.30. The number of para-hydroxylation sites is 1. The third kappa shape index (κ3) is 2.56. The first-order valence-corrected chi connectivity index (χ1v) is 7.82. The molecule has 0 aliphatic carbocycles. The highest BCUT2D eigenvalue weighted by Gasteiger charge is 2.32. The molecular weight excluding hydrogens is 328 g/mol. The predicted molar refractivity (Wildman–Crippen MR) is 89.7 cm³/mol. The van der Waals surface area contributed by atoms with Crippen molar-refractivity contribution < 1.29 is 4.79 Å². The first-order chi connectivity index (χ1) is 10.1. The van der Waals surface area contributed by atoms with Crippen LogP contribution < -0.4 is 10.6 Å². The van der Waals surface area contributed by atoms with E-state index in [0.717, 1.165) is 21.4 Å². The van der Waals surface area contributed by atoms with Gasteiger partial charge >= 0.3 is 0 Å². The third-order valence-corrected chi connectivity index (χ3v) is 4.44. The number of anilines is 2. The van der Waals surface area contributed by atoms with Crippen LogP contribution in [0.3, 0.4) is 0 Å². The molecule has 2 aromatic rings. The van der Waals surface area contributed by atoms with Gasteiger partial charge in [0.25, 0.3) is 5.91 Å². The Morgan fingerprint density at radius 2 is 1.90 bits per heavy atom. The average molecular weight is 345 g/mol. The van der Waals surface area contributed by atoms with Crippen LogP contribution in [0.4, 0.5) is 11.4 Å². The summed E-state index contributed by atoms with van der Waals surface area (Å²) in [5.41, 5.74) is 4.07. The minimum Gasteiger partial charge on any atom is -0.370 e. The van der Waals surface area contributed by atoms with Gasteiger partial charge < -0.3 is 10.6 Å². The Hall–Kier alpha value is -1.81. The van der Waals surface area contributed by atoms with Crippen LogP contribution in [0.1, 0.15) is 36.9 Å². The molecule has 3 nitrogen and oxygen atoms in total. The Balaban J connectivity index is 1.99. The van der Waals surface area contributed by atoms with Crippen molar-refractivity contribution in [3.05, 3.63) is 58.1 Å². The van der Waals surface area contributed by atoms with Crippen molar-refractivity contribution in [1.82, 2.24) is 0 Å². The van der Waals surface area contributed by atoms with Crippen molar-refractivity contribution in [2.45, 2.75) is 25.8 Å². The zero-order chi connectivity index (χ0) is 15.0. The van der Waals surface area contributed by atoms with Gasteiger partial charge in [-0.25, -0.2) is 0 Å². The number of halogens is 1. The van der Waals surface area contributed by atoms with Crippen molar-refractivity contribution in [3.63, 3.8) is 0 Å². The lowest BCUT2D eigenvalue weighted by Gasteiger charge is -2.19. The molecule has 0 spiro atoms. The lowest BCUT2D eigenvalue weighted by molar-refractivity contribution is -0.116. The molecular formula is C17H17BrN2O. The summed E-state index contributed by atoms with van der Waals surface area (Å²) in [6.07, 6.45) is 0. The Labute approximate surface area is 132 Å². The van der Waals surface area contributed by atoms with E-state index in [1.54, 1.807) is 0 Å². The first-order valence-electron chi connectivity index (χ1n) is 7.02. The van der Waals surface area contributed by atoms with Crippen molar-refractivity contribution in [3.8, 4) is 0 Å². The van der Waals surface area contributed by atoms with E-state index in [0.29, 0.717) is 5.92 Å². The number of benzene rings is 2. The molecule has 0 fully saturated rings. The maximum Gasteiger partial charge on any atom is 0.251 e. The minimum absolute atomic E-state index is 0.0181. The molecule has 1 atom stereocenters. The quantitative estimate of drug-likeness (QED) is 0.848. The fourth-order valence-electron chi connectivity index (χ4n) is 2.70. The van der Waals surface area contributed by atoms with E-state index in [4.69, 9.17) is 0 Å². The van der Waals surface area contributed by atoms with Gasteiger partial charge in [0, 0.05) is 21.4 Å². The van der Waals surface area contributed by atoms with Crippen LogP contribution in [0.15, 0.2) is 46.9 Å². The Morgan fingerprint density at radius 3 is 2.67 bits per heavy atom. The maximum atomic E-state index is 12.3. The van der Waals surface area contributed by atoms with Crippen molar-refractivity contribution in [2.24, 2.45) is 0 Å². The highest BCUT2D eigenvalue weighted by molar-refractivity contribution is 9.10. The molecule has 0 bridgehead atoms. The molecule has 21 heavy (non-hydrogen) atoms. The van der Waals surface area contributed by atoms with E-state index in [9.17, 15) is 4.79 Å². The van der Waals surface area contributed by atoms with Crippen LogP contribution in [0, 0.1) is 0 Å². The van der Waals surface area contributed by atoms with Gasteiger partial charge in [-0.3, -0.25) is 4.79 Å². The zero-order valence-electron chi connectivity index (χ0n) is 12.0. The standard InChI is InChI=1S/C17H17BrN2O/c1-10(2)11-6-3-4-8-13(11)19-16-15-12(18)7-5-9-14(15)20-17(16)21/h3-10,16,19H,1-2H3,(H,20,21). The van der Waals surface area contributed by atoms with E-state index >= 15 is 0 Å². The average Bonchev–Trinajstić information content (AvgIpc) is 2.77. The van der Waals surface area contributed by atoms with Gasteiger partial charge in [0.2, 0.25) is 0 Å². The first kappa shape index (κ1) is 14.1. The molecule has 1 aliphatic rings. The second-order valence-electron chi connectivity index (χ2n) is 5.51. The number of fused-ring (bicyclic) bond motifs is 1. The molecule has 1 heterocycles. The smallest absolute Gasteiger partial charge is 0.251 e. The van der Waals surface area contributed by atoms with Gasteiger partial charge in [-0.1, -0.05) is 54.0 Å². The van der Waals surface area contributed by atoms with Crippen molar-refractivity contribution in [2.75, 3.05) is 10.6 Å². The molecule has 108 valence electrons. The summed E-state index contributed by atoms with van der Waals surface area (Å²) in [6, 6.07) is 13.6. The minimum atomic E-state index is -0.365. The topological polar surface area (TPSA) is 41.1 Å². The molecule has 0 radical (unpaired) electrons. The van der Waals surface area contributed by atoms with Crippen LogP contribution in [-0.2, 0) is 4.79 Å². The van der Waals surface area contributed by atoms with Gasteiger partial charge in [-0.2, -0.15) is 0 Å². The van der Waals surface area contributed by atoms with Crippen molar-refractivity contribution >= 4 is 33.2 Å². The number of amides is 1. The fraction of sp³-hybridized carbons (Fsp3) is 0.235. The summed E-state index contributed by atoms with van der Waals surface area (Å²) in [5, 5.41) is 6.32. The second-order valence-corrected chi connectivity index (χ2v) is 6.36. The Kier molecular flexibility index (Phi) is 3.72. The van der Waals surface area contributed by atoms with Gasteiger partial charge in [0.05, 0.1) is 0 Å². The highest BCUT2D eigenvalue weighted by atomic mass is 79.9. The predicted octanol–water partition coefficient (Wildman–Crippen LogP) is 4.68.